The van der Waals surface area contributed by atoms with Gasteiger partial charge in [0.2, 0.25) is 11.8 Å². The molecule has 0 fully saturated rings. The summed E-state index contributed by atoms with van der Waals surface area (Å²) < 4.78 is 0. The fourth-order valence-electron chi connectivity index (χ4n) is 1.45. The topological polar surface area (TPSA) is 98.2 Å². The first-order valence-electron chi connectivity index (χ1n) is 5.96. The third kappa shape index (κ3) is 4.54. The molecule has 104 valence electrons. The Balaban J connectivity index is 2.70. The van der Waals surface area contributed by atoms with Gasteiger partial charge in [-0.2, -0.15) is 0 Å². The fraction of sp³-hybridized carbons (Fsp3) is 0.385. The monoisotopic (exact) mass is 283 g/mol. The molecule has 1 aromatic carbocycles. The molecule has 0 aliphatic rings. The molecule has 1 rings (SSSR count). The summed E-state index contributed by atoms with van der Waals surface area (Å²) >= 11 is 5.89. The van der Waals surface area contributed by atoms with E-state index in [0.29, 0.717) is 5.69 Å². The lowest BCUT2D eigenvalue weighted by Gasteiger charge is -2.15. The number of amides is 2. The highest BCUT2D eigenvalue weighted by molar-refractivity contribution is 6.34. The second-order valence-electron chi connectivity index (χ2n) is 4.72. The summed E-state index contributed by atoms with van der Waals surface area (Å²) in [5.74, 6) is -0.569. The van der Waals surface area contributed by atoms with Gasteiger partial charge in [0.05, 0.1) is 10.6 Å². The number of rotatable bonds is 5. The van der Waals surface area contributed by atoms with E-state index in [1.54, 1.807) is 6.07 Å². The van der Waals surface area contributed by atoms with Crippen molar-refractivity contribution in [3.63, 3.8) is 0 Å². The Labute approximate surface area is 117 Å². The number of hydrogen-bond donors (Lipinski definition) is 3. The van der Waals surface area contributed by atoms with E-state index in [1.165, 1.54) is 12.1 Å². The molecule has 2 amide bonds. The minimum atomic E-state index is -0.607. The van der Waals surface area contributed by atoms with Crippen molar-refractivity contribution in [3.8, 4) is 0 Å². The highest BCUT2D eigenvalue weighted by Crippen LogP contribution is 2.20. The van der Waals surface area contributed by atoms with Gasteiger partial charge in [0.15, 0.2) is 0 Å². The van der Waals surface area contributed by atoms with E-state index in [4.69, 9.17) is 23.1 Å². The van der Waals surface area contributed by atoms with E-state index in [2.05, 4.69) is 5.32 Å². The first kappa shape index (κ1) is 15.5. The summed E-state index contributed by atoms with van der Waals surface area (Å²) in [7, 11) is 0. The van der Waals surface area contributed by atoms with Crippen LogP contribution in [0.15, 0.2) is 18.2 Å². The Kier molecular flexibility index (Phi) is 5.32. The van der Waals surface area contributed by atoms with Gasteiger partial charge in [-0.05, 0) is 24.1 Å². The van der Waals surface area contributed by atoms with Gasteiger partial charge >= 0.3 is 0 Å². The van der Waals surface area contributed by atoms with E-state index in [1.807, 2.05) is 13.8 Å². The fourth-order valence-corrected chi connectivity index (χ4v) is 1.73. The van der Waals surface area contributed by atoms with Crippen molar-refractivity contribution in [1.29, 1.82) is 0 Å². The molecular formula is C13H18ClN3O2. The molecule has 0 aliphatic carbocycles. The van der Waals surface area contributed by atoms with Gasteiger partial charge in [-0.3, -0.25) is 9.59 Å². The molecule has 0 spiro atoms. The average Bonchev–Trinajstić information content (AvgIpc) is 2.27. The van der Waals surface area contributed by atoms with Crippen LogP contribution in [0, 0.1) is 5.92 Å². The molecule has 0 radical (unpaired) electrons. The second kappa shape index (κ2) is 6.54. The van der Waals surface area contributed by atoms with Crippen molar-refractivity contribution in [3.05, 3.63) is 28.8 Å². The first-order valence-corrected chi connectivity index (χ1v) is 6.34. The van der Waals surface area contributed by atoms with Crippen LogP contribution < -0.4 is 16.8 Å². The maximum absolute atomic E-state index is 11.7. The van der Waals surface area contributed by atoms with Crippen LogP contribution in [0.1, 0.15) is 30.6 Å². The molecule has 1 atom stereocenters. The predicted octanol–water partition coefficient (Wildman–Crippen LogP) is 1.75. The molecule has 19 heavy (non-hydrogen) atoms. The second-order valence-corrected chi connectivity index (χ2v) is 5.13. The molecule has 0 bridgehead atoms. The van der Waals surface area contributed by atoms with E-state index in [0.717, 1.165) is 0 Å². The molecule has 1 aromatic rings. The van der Waals surface area contributed by atoms with Crippen LogP contribution in [-0.2, 0) is 4.79 Å². The van der Waals surface area contributed by atoms with Crippen LogP contribution in [0.2, 0.25) is 5.02 Å². The van der Waals surface area contributed by atoms with Crippen LogP contribution in [0.4, 0.5) is 5.69 Å². The Morgan fingerprint density at radius 2 is 2.00 bits per heavy atom. The van der Waals surface area contributed by atoms with Gasteiger partial charge in [-0.25, -0.2) is 0 Å². The molecule has 5 N–H and O–H groups in total. The quantitative estimate of drug-likeness (QED) is 0.768. The summed E-state index contributed by atoms with van der Waals surface area (Å²) in [6.07, 6.45) is 0.229. The number of primary amides is 1. The Hall–Kier alpha value is -1.59. The van der Waals surface area contributed by atoms with Gasteiger partial charge < -0.3 is 16.8 Å². The summed E-state index contributed by atoms with van der Waals surface area (Å²) in [6, 6.07) is 4.34. The number of hydrogen-bond acceptors (Lipinski definition) is 3. The van der Waals surface area contributed by atoms with E-state index < -0.39 is 5.91 Å². The highest BCUT2D eigenvalue weighted by Gasteiger charge is 2.14. The molecule has 5 nitrogen and oxygen atoms in total. The van der Waals surface area contributed by atoms with Crippen molar-refractivity contribution < 1.29 is 9.59 Å². The lowest BCUT2D eigenvalue weighted by Crippen LogP contribution is -2.31. The van der Waals surface area contributed by atoms with Crippen LogP contribution in [-0.4, -0.2) is 17.9 Å². The third-order valence-corrected chi connectivity index (χ3v) is 3.11. The van der Waals surface area contributed by atoms with Crippen molar-refractivity contribution in [2.24, 2.45) is 17.4 Å². The van der Waals surface area contributed by atoms with Crippen molar-refractivity contribution in [1.82, 2.24) is 0 Å². The normalized spacial score (nSPS) is 12.3. The molecular weight excluding hydrogens is 266 g/mol. The minimum Gasteiger partial charge on any atom is -0.366 e. The van der Waals surface area contributed by atoms with Crippen molar-refractivity contribution in [2.45, 2.75) is 26.3 Å². The summed E-state index contributed by atoms with van der Waals surface area (Å²) in [5.41, 5.74) is 11.7. The molecule has 6 heteroatoms. The number of halogens is 1. The van der Waals surface area contributed by atoms with Gasteiger partial charge in [0.25, 0.3) is 0 Å². The number of nitrogens with one attached hydrogen (secondary N) is 1. The first-order chi connectivity index (χ1) is 8.81. The Morgan fingerprint density at radius 3 is 2.47 bits per heavy atom. The van der Waals surface area contributed by atoms with Crippen LogP contribution in [0.3, 0.4) is 0 Å². The summed E-state index contributed by atoms with van der Waals surface area (Å²) in [6.45, 7) is 3.91. The standard InChI is InChI=1S/C13H18ClN3O2/c1-7(2)11(15)6-12(18)17-8-3-4-9(13(16)19)10(14)5-8/h3-5,7,11H,6,15H2,1-2H3,(H2,16,19)(H,17,18). The SMILES string of the molecule is CC(C)C(N)CC(=O)Nc1ccc(C(N)=O)c(Cl)c1. The lowest BCUT2D eigenvalue weighted by molar-refractivity contribution is -0.116. The smallest absolute Gasteiger partial charge is 0.250 e. The average molecular weight is 284 g/mol. The maximum atomic E-state index is 11.7. The van der Waals surface area contributed by atoms with E-state index >= 15 is 0 Å². The molecule has 0 heterocycles. The van der Waals surface area contributed by atoms with Gasteiger partial charge in [-0.1, -0.05) is 25.4 Å². The van der Waals surface area contributed by atoms with E-state index in [-0.39, 0.29) is 34.9 Å². The largest absolute Gasteiger partial charge is 0.366 e. The third-order valence-electron chi connectivity index (χ3n) is 2.80. The molecule has 0 aliphatic heterocycles. The minimum absolute atomic E-state index is 0.191. The van der Waals surface area contributed by atoms with Crippen molar-refractivity contribution in [2.75, 3.05) is 5.32 Å². The maximum Gasteiger partial charge on any atom is 0.250 e. The zero-order chi connectivity index (χ0) is 14.6. The Morgan fingerprint density at radius 1 is 1.37 bits per heavy atom. The number of nitrogens with two attached hydrogens (primary N) is 2. The number of benzene rings is 1. The Bertz CT molecular complexity index is 489. The van der Waals surface area contributed by atoms with E-state index in [9.17, 15) is 9.59 Å². The zero-order valence-electron chi connectivity index (χ0n) is 10.9. The van der Waals surface area contributed by atoms with Gasteiger partial charge in [0, 0.05) is 18.2 Å². The van der Waals surface area contributed by atoms with Crippen LogP contribution in [0.25, 0.3) is 0 Å². The molecule has 0 saturated carbocycles. The van der Waals surface area contributed by atoms with Crippen molar-refractivity contribution >= 4 is 29.1 Å². The molecule has 1 unspecified atom stereocenters. The summed E-state index contributed by atoms with van der Waals surface area (Å²) in [4.78, 5) is 22.7. The number of carbonyl (C=O) groups excluding carboxylic acids is 2. The lowest BCUT2D eigenvalue weighted by atomic mass is 10.0. The highest BCUT2D eigenvalue weighted by atomic mass is 35.5. The van der Waals surface area contributed by atoms with Crippen LogP contribution in [0.5, 0.6) is 0 Å². The number of anilines is 1. The van der Waals surface area contributed by atoms with Gasteiger partial charge in [-0.15, -0.1) is 0 Å². The molecule has 0 saturated heterocycles. The number of carbonyl (C=O) groups is 2. The summed E-state index contributed by atoms with van der Waals surface area (Å²) in [5, 5.41) is 2.89. The van der Waals surface area contributed by atoms with Crippen LogP contribution >= 0.6 is 11.6 Å². The molecule has 0 aromatic heterocycles. The zero-order valence-corrected chi connectivity index (χ0v) is 11.7. The van der Waals surface area contributed by atoms with Gasteiger partial charge in [0.1, 0.15) is 0 Å². The predicted molar refractivity (Wildman–Crippen MR) is 76.0 cm³/mol.